The van der Waals surface area contributed by atoms with E-state index in [1.165, 1.54) is 6.07 Å². The van der Waals surface area contributed by atoms with Crippen LogP contribution in [-0.2, 0) is 11.3 Å². The van der Waals surface area contributed by atoms with Crippen molar-refractivity contribution in [3.63, 3.8) is 0 Å². The van der Waals surface area contributed by atoms with Crippen molar-refractivity contribution in [2.24, 2.45) is 0 Å². The van der Waals surface area contributed by atoms with E-state index < -0.39 is 0 Å². The number of pyridine rings is 1. The van der Waals surface area contributed by atoms with E-state index in [1.54, 1.807) is 19.1 Å². The lowest BCUT2D eigenvalue weighted by Gasteiger charge is -2.23. The Kier molecular flexibility index (Phi) is 4.55. The van der Waals surface area contributed by atoms with Gasteiger partial charge in [0.2, 0.25) is 5.91 Å². The fourth-order valence-corrected chi connectivity index (χ4v) is 3.01. The molecule has 0 saturated carbocycles. The van der Waals surface area contributed by atoms with Crippen LogP contribution in [0.5, 0.6) is 0 Å². The molecule has 1 fully saturated rings. The molecule has 2 heterocycles. The standard InChI is InChI=1S/C18H20FN3O/c1-13(23)22-11-5-9-17(22)16-8-4-10-18(21-16)20-12-14-6-2-3-7-15(14)19/h2-4,6-8,10,17H,5,9,11-12H2,1H3,(H,20,21)/t17-/m0/s1. The molecule has 0 spiro atoms. The molecule has 1 aliphatic heterocycles. The largest absolute Gasteiger partial charge is 0.366 e. The smallest absolute Gasteiger partial charge is 0.220 e. The lowest BCUT2D eigenvalue weighted by Crippen LogP contribution is -2.28. The van der Waals surface area contributed by atoms with Gasteiger partial charge in [-0.05, 0) is 31.0 Å². The molecule has 1 atom stereocenters. The van der Waals surface area contributed by atoms with Crippen molar-refractivity contribution >= 4 is 11.7 Å². The van der Waals surface area contributed by atoms with E-state index in [-0.39, 0.29) is 17.8 Å². The molecule has 120 valence electrons. The predicted octanol–water partition coefficient (Wildman–Crippen LogP) is 3.52. The summed E-state index contributed by atoms with van der Waals surface area (Å²) in [5, 5.41) is 3.16. The van der Waals surface area contributed by atoms with E-state index in [2.05, 4.69) is 10.3 Å². The first-order valence-corrected chi connectivity index (χ1v) is 7.86. The van der Waals surface area contributed by atoms with E-state index >= 15 is 0 Å². The summed E-state index contributed by atoms with van der Waals surface area (Å²) in [6.07, 6.45) is 1.93. The summed E-state index contributed by atoms with van der Waals surface area (Å²) in [7, 11) is 0. The minimum Gasteiger partial charge on any atom is -0.366 e. The van der Waals surface area contributed by atoms with Crippen LogP contribution < -0.4 is 5.32 Å². The molecule has 5 heteroatoms. The van der Waals surface area contributed by atoms with Gasteiger partial charge in [0.15, 0.2) is 0 Å². The Balaban J connectivity index is 1.73. The SMILES string of the molecule is CC(=O)N1CCC[C@H]1c1cccc(NCc2ccccc2F)n1. The number of rotatable bonds is 4. The van der Waals surface area contributed by atoms with Crippen LogP contribution in [0.15, 0.2) is 42.5 Å². The van der Waals surface area contributed by atoms with Crippen LogP contribution >= 0.6 is 0 Å². The van der Waals surface area contributed by atoms with Crippen LogP contribution in [0.4, 0.5) is 10.2 Å². The first kappa shape index (κ1) is 15.5. The van der Waals surface area contributed by atoms with Gasteiger partial charge in [0, 0.05) is 25.6 Å². The number of halogens is 1. The molecule has 0 radical (unpaired) electrons. The van der Waals surface area contributed by atoms with E-state index in [0.717, 1.165) is 25.1 Å². The van der Waals surface area contributed by atoms with Crippen LogP contribution in [0.1, 0.15) is 37.1 Å². The minimum atomic E-state index is -0.227. The molecule has 23 heavy (non-hydrogen) atoms. The Morgan fingerprint density at radius 3 is 2.91 bits per heavy atom. The molecule has 1 amide bonds. The van der Waals surface area contributed by atoms with Crippen molar-refractivity contribution in [2.45, 2.75) is 32.4 Å². The van der Waals surface area contributed by atoms with Crippen LogP contribution in [0.2, 0.25) is 0 Å². The third-order valence-electron chi connectivity index (χ3n) is 4.19. The molecule has 0 unspecified atom stereocenters. The maximum Gasteiger partial charge on any atom is 0.220 e. The van der Waals surface area contributed by atoms with Gasteiger partial charge in [0.25, 0.3) is 0 Å². The maximum atomic E-state index is 13.7. The van der Waals surface area contributed by atoms with Gasteiger partial charge in [0.05, 0.1) is 11.7 Å². The Labute approximate surface area is 135 Å². The number of nitrogens with zero attached hydrogens (tertiary/aromatic N) is 2. The molecular weight excluding hydrogens is 293 g/mol. The van der Waals surface area contributed by atoms with E-state index in [4.69, 9.17) is 0 Å². The lowest BCUT2D eigenvalue weighted by molar-refractivity contribution is -0.129. The van der Waals surface area contributed by atoms with Crippen molar-refractivity contribution in [3.8, 4) is 0 Å². The van der Waals surface area contributed by atoms with Crippen molar-refractivity contribution in [1.82, 2.24) is 9.88 Å². The zero-order chi connectivity index (χ0) is 16.2. The fourth-order valence-electron chi connectivity index (χ4n) is 3.01. The molecule has 1 N–H and O–H groups in total. The molecule has 2 aromatic rings. The Hall–Kier alpha value is -2.43. The number of hydrogen-bond donors (Lipinski definition) is 1. The van der Waals surface area contributed by atoms with Gasteiger partial charge >= 0.3 is 0 Å². The third kappa shape index (κ3) is 3.50. The highest BCUT2D eigenvalue weighted by Crippen LogP contribution is 2.31. The Morgan fingerprint density at radius 1 is 1.30 bits per heavy atom. The first-order chi connectivity index (χ1) is 11.1. The van der Waals surface area contributed by atoms with Crippen LogP contribution in [-0.4, -0.2) is 22.3 Å². The summed E-state index contributed by atoms with van der Waals surface area (Å²) in [5.74, 6) is 0.551. The number of amides is 1. The average molecular weight is 313 g/mol. The number of benzene rings is 1. The zero-order valence-corrected chi connectivity index (χ0v) is 13.1. The third-order valence-corrected chi connectivity index (χ3v) is 4.19. The molecule has 0 aliphatic carbocycles. The van der Waals surface area contributed by atoms with E-state index in [1.807, 2.05) is 29.2 Å². The number of nitrogens with one attached hydrogen (secondary N) is 1. The van der Waals surface area contributed by atoms with Gasteiger partial charge < -0.3 is 10.2 Å². The number of anilines is 1. The van der Waals surface area contributed by atoms with Crippen molar-refractivity contribution in [1.29, 1.82) is 0 Å². The highest BCUT2D eigenvalue weighted by Gasteiger charge is 2.28. The highest BCUT2D eigenvalue weighted by atomic mass is 19.1. The lowest BCUT2D eigenvalue weighted by atomic mass is 10.1. The van der Waals surface area contributed by atoms with E-state index in [9.17, 15) is 9.18 Å². The van der Waals surface area contributed by atoms with Crippen molar-refractivity contribution < 1.29 is 9.18 Å². The monoisotopic (exact) mass is 313 g/mol. The molecule has 1 aliphatic rings. The van der Waals surface area contributed by atoms with Crippen molar-refractivity contribution in [3.05, 3.63) is 59.5 Å². The van der Waals surface area contributed by atoms with Crippen LogP contribution in [0.25, 0.3) is 0 Å². The second-order valence-electron chi connectivity index (χ2n) is 5.76. The van der Waals surface area contributed by atoms with E-state index in [0.29, 0.717) is 17.9 Å². The zero-order valence-electron chi connectivity index (χ0n) is 13.1. The number of carbonyl (C=O) groups excluding carboxylic acids is 1. The summed E-state index contributed by atoms with van der Waals surface area (Å²) < 4.78 is 13.7. The molecule has 0 bridgehead atoms. The Bertz CT molecular complexity index is 704. The van der Waals surface area contributed by atoms with Gasteiger partial charge in [-0.25, -0.2) is 9.37 Å². The molecule has 1 saturated heterocycles. The normalized spacial score (nSPS) is 17.3. The second-order valence-corrected chi connectivity index (χ2v) is 5.76. The van der Waals surface area contributed by atoms with Gasteiger partial charge in [0.1, 0.15) is 11.6 Å². The molecule has 1 aromatic heterocycles. The molecule has 1 aromatic carbocycles. The summed E-state index contributed by atoms with van der Waals surface area (Å²) in [6.45, 7) is 2.76. The minimum absolute atomic E-state index is 0.0442. The maximum absolute atomic E-state index is 13.7. The summed E-state index contributed by atoms with van der Waals surface area (Å²) in [5.41, 5.74) is 1.49. The number of hydrogen-bond acceptors (Lipinski definition) is 3. The Morgan fingerprint density at radius 2 is 2.13 bits per heavy atom. The second kappa shape index (κ2) is 6.77. The van der Waals surface area contributed by atoms with Gasteiger partial charge in [-0.2, -0.15) is 0 Å². The van der Waals surface area contributed by atoms with Gasteiger partial charge in [-0.1, -0.05) is 24.3 Å². The quantitative estimate of drug-likeness (QED) is 0.939. The first-order valence-electron chi connectivity index (χ1n) is 7.86. The fraction of sp³-hybridized carbons (Fsp3) is 0.333. The molecular formula is C18H20FN3O. The number of likely N-dealkylation sites (tertiary alicyclic amines) is 1. The van der Waals surface area contributed by atoms with Gasteiger partial charge in [-0.3, -0.25) is 4.79 Å². The average Bonchev–Trinajstić information content (AvgIpc) is 3.04. The molecule has 3 rings (SSSR count). The summed E-state index contributed by atoms with van der Waals surface area (Å²) >= 11 is 0. The number of carbonyl (C=O) groups is 1. The van der Waals surface area contributed by atoms with Crippen molar-refractivity contribution in [2.75, 3.05) is 11.9 Å². The summed E-state index contributed by atoms with van der Waals surface area (Å²) in [4.78, 5) is 18.2. The highest BCUT2D eigenvalue weighted by molar-refractivity contribution is 5.74. The summed E-state index contributed by atoms with van der Waals surface area (Å²) in [6, 6.07) is 12.5. The number of aromatic nitrogens is 1. The molecule has 4 nitrogen and oxygen atoms in total. The van der Waals surface area contributed by atoms with Gasteiger partial charge in [-0.15, -0.1) is 0 Å². The topological polar surface area (TPSA) is 45.2 Å². The predicted molar refractivity (Wildman–Crippen MR) is 87.3 cm³/mol. The van der Waals surface area contributed by atoms with Crippen LogP contribution in [0, 0.1) is 5.82 Å². The van der Waals surface area contributed by atoms with Crippen LogP contribution in [0.3, 0.4) is 0 Å².